The van der Waals surface area contributed by atoms with Gasteiger partial charge in [0.2, 0.25) is 0 Å². The Bertz CT molecular complexity index is 245. The van der Waals surface area contributed by atoms with Crippen molar-refractivity contribution in [3.8, 4) is 0 Å². The van der Waals surface area contributed by atoms with Crippen molar-refractivity contribution in [1.29, 1.82) is 0 Å². The van der Waals surface area contributed by atoms with Gasteiger partial charge in [-0.1, -0.05) is 35.6 Å². The Morgan fingerprint density at radius 2 is 1.12 bits per heavy atom. The second-order valence-corrected chi connectivity index (χ2v) is 11.1. The summed E-state index contributed by atoms with van der Waals surface area (Å²) < 4.78 is 0. The summed E-state index contributed by atoms with van der Waals surface area (Å²) >= 11 is 0. The van der Waals surface area contributed by atoms with Crippen LogP contribution in [0, 0.1) is 23.7 Å². The summed E-state index contributed by atoms with van der Waals surface area (Å²) in [4.78, 5) is 0. The van der Waals surface area contributed by atoms with E-state index in [0.717, 1.165) is 40.6 Å². The van der Waals surface area contributed by atoms with Crippen LogP contribution in [0.2, 0.25) is 0 Å². The zero-order valence-corrected chi connectivity index (χ0v) is 12.9. The van der Waals surface area contributed by atoms with Crippen LogP contribution in [0.5, 0.6) is 0 Å². The van der Waals surface area contributed by atoms with Crippen molar-refractivity contribution in [2.24, 2.45) is 23.7 Å². The van der Waals surface area contributed by atoms with Crippen LogP contribution in [0.3, 0.4) is 0 Å². The molecule has 4 fully saturated rings. The van der Waals surface area contributed by atoms with Gasteiger partial charge in [-0.2, -0.15) is 0 Å². The van der Waals surface area contributed by atoms with Crippen molar-refractivity contribution in [2.45, 2.75) is 76.8 Å². The van der Waals surface area contributed by atoms with E-state index in [1.54, 1.807) is 32.1 Å². The van der Waals surface area contributed by atoms with E-state index in [4.69, 9.17) is 0 Å². The van der Waals surface area contributed by atoms with Gasteiger partial charge in [0.25, 0.3) is 0 Å². The van der Waals surface area contributed by atoms with E-state index in [1.165, 1.54) is 0 Å². The Hall–Kier alpha value is 0.430. The van der Waals surface area contributed by atoms with Gasteiger partial charge in [-0.3, -0.25) is 0 Å². The van der Waals surface area contributed by atoms with Crippen LogP contribution in [-0.2, 0) is 0 Å². The summed E-state index contributed by atoms with van der Waals surface area (Å²) in [5.41, 5.74) is 3.05. The highest BCUT2D eigenvalue weighted by atomic mass is 31.1. The zero-order chi connectivity index (χ0) is 12.2. The minimum Gasteiger partial charge on any atom is -0.0977 e. The topological polar surface area (TPSA) is 0 Å². The Morgan fingerprint density at radius 3 is 1.47 bits per heavy atom. The van der Waals surface area contributed by atoms with Crippen molar-refractivity contribution < 1.29 is 0 Å². The van der Waals surface area contributed by atoms with Crippen molar-refractivity contribution in [3.63, 3.8) is 0 Å². The molecule has 0 nitrogen and oxygen atoms in total. The lowest BCUT2D eigenvalue weighted by molar-refractivity contribution is 0.0244. The van der Waals surface area contributed by atoms with Crippen molar-refractivity contribution in [3.05, 3.63) is 0 Å². The molecule has 0 spiro atoms. The third-order valence-electron chi connectivity index (χ3n) is 5.71. The van der Waals surface area contributed by atoms with Crippen molar-refractivity contribution in [1.82, 2.24) is 0 Å². The Morgan fingerprint density at radius 1 is 0.706 bits per heavy atom. The standard InChI is InChI=1S/C16H29P/c1-10(2)17(11(3)4)16-14-6-12-5-13(8-14)9-15(16)7-12/h10-16H,5-9H2,1-4H3. The molecule has 0 aromatic carbocycles. The molecule has 4 aliphatic carbocycles. The second kappa shape index (κ2) is 4.52. The molecule has 0 heterocycles. The Labute approximate surface area is 109 Å². The number of rotatable bonds is 3. The molecule has 4 aliphatic rings. The smallest absolute Gasteiger partial charge is 0.0147 e. The van der Waals surface area contributed by atoms with E-state index in [0.29, 0.717) is 0 Å². The Balaban J connectivity index is 1.83. The highest BCUT2D eigenvalue weighted by Crippen LogP contribution is 2.66. The maximum atomic E-state index is 2.50. The molecule has 0 radical (unpaired) electrons. The van der Waals surface area contributed by atoms with Crippen LogP contribution in [0.15, 0.2) is 0 Å². The highest BCUT2D eigenvalue weighted by Gasteiger charge is 2.51. The molecule has 0 amide bonds. The average Bonchev–Trinajstić information content (AvgIpc) is 2.20. The summed E-state index contributed by atoms with van der Waals surface area (Å²) in [5, 5.41) is 0. The summed E-state index contributed by atoms with van der Waals surface area (Å²) in [7, 11) is 0.271. The van der Waals surface area contributed by atoms with E-state index in [-0.39, 0.29) is 7.92 Å². The van der Waals surface area contributed by atoms with Crippen LogP contribution in [0.25, 0.3) is 0 Å². The quantitative estimate of drug-likeness (QED) is 0.612. The van der Waals surface area contributed by atoms with Crippen molar-refractivity contribution in [2.75, 3.05) is 0 Å². The first-order chi connectivity index (χ1) is 8.06. The molecule has 98 valence electrons. The van der Waals surface area contributed by atoms with Gasteiger partial charge < -0.3 is 0 Å². The maximum absolute atomic E-state index is 2.50. The fourth-order valence-corrected chi connectivity index (χ4v) is 9.70. The van der Waals surface area contributed by atoms with Crippen LogP contribution in [0.1, 0.15) is 59.8 Å². The van der Waals surface area contributed by atoms with Gasteiger partial charge in [-0.25, -0.2) is 0 Å². The summed E-state index contributed by atoms with van der Waals surface area (Å²) in [5.74, 6) is 4.57. The van der Waals surface area contributed by atoms with Crippen molar-refractivity contribution >= 4 is 7.92 Å². The van der Waals surface area contributed by atoms with E-state index in [2.05, 4.69) is 27.7 Å². The van der Waals surface area contributed by atoms with Gasteiger partial charge in [0.1, 0.15) is 0 Å². The predicted molar refractivity (Wildman–Crippen MR) is 78.0 cm³/mol. The van der Waals surface area contributed by atoms with Gasteiger partial charge in [-0.05, 0) is 72.8 Å². The van der Waals surface area contributed by atoms with Gasteiger partial charge in [-0.15, -0.1) is 0 Å². The molecule has 0 N–H and O–H groups in total. The van der Waals surface area contributed by atoms with E-state index < -0.39 is 0 Å². The van der Waals surface area contributed by atoms with Gasteiger partial charge in [0.15, 0.2) is 0 Å². The fourth-order valence-electron chi connectivity index (χ4n) is 5.67. The monoisotopic (exact) mass is 252 g/mol. The van der Waals surface area contributed by atoms with Crippen LogP contribution >= 0.6 is 7.92 Å². The highest BCUT2D eigenvalue weighted by molar-refractivity contribution is 7.59. The van der Waals surface area contributed by atoms with Gasteiger partial charge in [0.05, 0.1) is 0 Å². The lowest BCUT2D eigenvalue weighted by atomic mass is 9.56. The third kappa shape index (κ3) is 2.09. The third-order valence-corrected chi connectivity index (χ3v) is 9.63. The van der Waals surface area contributed by atoms with E-state index in [9.17, 15) is 0 Å². The minimum atomic E-state index is 0.271. The van der Waals surface area contributed by atoms with Crippen LogP contribution in [0.4, 0.5) is 0 Å². The SMILES string of the molecule is CC(C)P(C(C)C)C1C2CC3CC(C2)CC1C3. The molecule has 4 saturated carbocycles. The Kier molecular flexibility index (Phi) is 3.31. The zero-order valence-electron chi connectivity index (χ0n) is 12.0. The molecule has 0 atom stereocenters. The molecule has 4 bridgehead atoms. The lowest BCUT2D eigenvalue weighted by Crippen LogP contribution is -2.48. The number of hydrogen-bond donors (Lipinski definition) is 0. The first-order valence-corrected chi connectivity index (χ1v) is 9.38. The van der Waals surface area contributed by atoms with Gasteiger partial charge >= 0.3 is 0 Å². The predicted octanol–water partition coefficient (Wildman–Crippen LogP) is 5.11. The number of hydrogen-bond acceptors (Lipinski definition) is 0. The molecule has 0 aromatic heterocycles. The molecular formula is C16H29P. The first kappa shape index (κ1) is 12.5. The molecule has 1 heteroatoms. The minimum absolute atomic E-state index is 0.271. The maximum Gasteiger partial charge on any atom is -0.0147 e. The molecular weight excluding hydrogens is 223 g/mol. The molecule has 0 aliphatic heterocycles. The molecule has 0 unspecified atom stereocenters. The largest absolute Gasteiger partial charge is 0.0977 e. The molecule has 0 saturated heterocycles. The fraction of sp³-hybridized carbons (Fsp3) is 1.00. The lowest BCUT2D eigenvalue weighted by Gasteiger charge is -2.58. The van der Waals surface area contributed by atoms with E-state index in [1.807, 2.05) is 0 Å². The van der Waals surface area contributed by atoms with Gasteiger partial charge in [0, 0.05) is 0 Å². The second-order valence-electron chi connectivity index (χ2n) is 7.56. The van der Waals surface area contributed by atoms with E-state index >= 15 is 0 Å². The van der Waals surface area contributed by atoms with Crippen LogP contribution in [-0.4, -0.2) is 17.0 Å². The van der Waals surface area contributed by atoms with Crippen LogP contribution < -0.4 is 0 Å². The summed E-state index contributed by atoms with van der Waals surface area (Å²) in [6.45, 7) is 9.99. The summed E-state index contributed by atoms with van der Waals surface area (Å²) in [6, 6.07) is 0. The normalized spacial score (nSPS) is 44.3. The first-order valence-electron chi connectivity index (χ1n) is 7.83. The molecule has 0 aromatic rings. The summed E-state index contributed by atoms with van der Waals surface area (Å²) in [6.07, 6.45) is 8.03. The molecule has 4 rings (SSSR count). The average molecular weight is 252 g/mol. The molecule has 17 heavy (non-hydrogen) atoms.